The van der Waals surface area contributed by atoms with Gasteiger partial charge >= 0.3 is 5.97 Å². The van der Waals surface area contributed by atoms with E-state index < -0.39 is 16.0 Å². The zero-order chi connectivity index (χ0) is 19.7. The van der Waals surface area contributed by atoms with Crippen molar-refractivity contribution in [3.8, 4) is 0 Å². The average molecular weight is 400 g/mol. The summed E-state index contributed by atoms with van der Waals surface area (Å²) >= 11 is 0. The number of carbonyl (C=O) groups excluding carboxylic acids is 1. The van der Waals surface area contributed by atoms with Crippen LogP contribution in [0.15, 0.2) is 53.6 Å². The minimum atomic E-state index is -3.68. The largest absolute Gasteiger partial charge is 0.465 e. The fourth-order valence-electron chi connectivity index (χ4n) is 3.54. The summed E-state index contributed by atoms with van der Waals surface area (Å²) < 4.78 is 34.1. The van der Waals surface area contributed by atoms with Crippen molar-refractivity contribution in [1.82, 2.24) is 18.9 Å². The van der Waals surface area contributed by atoms with Gasteiger partial charge in [0.25, 0.3) is 0 Å². The molecule has 3 heterocycles. The Morgan fingerprint density at radius 3 is 2.64 bits per heavy atom. The summed E-state index contributed by atoms with van der Waals surface area (Å²) in [6, 6.07) is 11.7. The van der Waals surface area contributed by atoms with Crippen LogP contribution in [0, 0.1) is 0 Å². The molecule has 2 aromatic heterocycles. The lowest BCUT2D eigenvalue weighted by molar-refractivity contribution is 0.0600. The van der Waals surface area contributed by atoms with Gasteiger partial charge in [-0.25, -0.2) is 13.2 Å². The first kappa shape index (κ1) is 18.6. The summed E-state index contributed by atoms with van der Waals surface area (Å²) in [4.78, 5) is 11.8. The Kier molecular flexibility index (Phi) is 4.86. The van der Waals surface area contributed by atoms with E-state index in [1.807, 2.05) is 28.8 Å². The normalized spacial score (nSPS) is 16.3. The van der Waals surface area contributed by atoms with Crippen molar-refractivity contribution in [2.75, 3.05) is 20.2 Å². The van der Waals surface area contributed by atoms with E-state index in [1.165, 1.54) is 29.6 Å². The highest BCUT2D eigenvalue weighted by molar-refractivity contribution is 7.89. The van der Waals surface area contributed by atoms with E-state index in [0.29, 0.717) is 25.9 Å². The smallest absolute Gasteiger partial charge is 0.337 e. The first-order chi connectivity index (χ1) is 13.5. The van der Waals surface area contributed by atoms with Gasteiger partial charge in [0.05, 0.1) is 17.6 Å². The minimum Gasteiger partial charge on any atom is -0.465 e. The predicted molar refractivity (Wildman–Crippen MR) is 102 cm³/mol. The number of piperidine rings is 1. The molecule has 0 atom stereocenters. The summed E-state index contributed by atoms with van der Waals surface area (Å²) in [5.41, 5.74) is 1.00. The predicted octanol–water partition coefficient (Wildman–Crippen LogP) is 2.08. The highest BCUT2D eigenvalue weighted by Gasteiger charge is 2.32. The Morgan fingerprint density at radius 1 is 1.11 bits per heavy atom. The molecule has 146 valence electrons. The number of carbonyl (C=O) groups is 1. The van der Waals surface area contributed by atoms with Crippen molar-refractivity contribution in [3.05, 3.63) is 60.0 Å². The van der Waals surface area contributed by atoms with Gasteiger partial charge in [0.15, 0.2) is 5.65 Å². The van der Waals surface area contributed by atoms with Crippen molar-refractivity contribution in [1.29, 1.82) is 0 Å². The molecule has 1 aliphatic rings. The van der Waals surface area contributed by atoms with E-state index in [9.17, 15) is 13.2 Å². The fourth-order valence-corrected chi connectivity index (χ4v) is 5.06. The first-order valence-corrected chi connectivity index (χ1v) is 10.4. The molecule has 8 nitrogen and oxygen atoms in total. The topological polar surface area (TPSA) is 93.9 Å². The van der Waals surface area contributed by atoms with E-state index in [1.54, 1.807) is 6.07 Å². The molecule has 1 aromatic carbocycles. The molecule has 28 heavy (non-hydrogen) atoms. The van der Waals surface area contributed by atoms with Crippen molar-refractivity contribution in [2.45, 2.75) is 23.7 Å². The second kappa shape index (κ2) is 7.33. The number of pyridine rings is 1. The highest BCUT2D eigenvalue weighted by Crippen LogP contribution is 2.30. The molecule has 0 bridgehead atoms. The van der Waals surface area contributed by atoms with Gasteiger partial charge in [0, 0.05) is 25.2 Å². The molecule has 0 N–H and O–H groups in total. The van der Waals surface area contributed by atoms with Crippen molar-refractivity contribution < 1.29 is 17.9 Å². The van der Waals surface area contributed by atoms with E-state index in [-0.39, 0.29) is 16.4 Å². The number of nitrogens with zero attached hydrogens (tertiary/aromatic N) is 4. The van der Waals surface area contributed by atoms with E-state index in [0.717, 1.165) is 11.5 Å². The van der Waals surface area contributed by atoms with Crippen LogP contribution in [0.5, 0.6) is 0 Å². The minimum absolute atomic E-state index is 0.0989. The average Bonchev–Trinajstić information content (AvgIpc) is 3.17. The third-order valence-electron chi connectivity index (χ3n) is 5.05. The summed E-state index contributed by atoms with van der Waals surface area (Å²) in [6.07, 6.45) is 3.24. The zero-order valence-corrected chi connectivity index (χ0v) is 16.2. The number of sulfonamides is 1. The molecule has 1 saturated heterocycles. The molecule has 0 amide bonds. The highest BCUT2D eigenvalue weighted by atomic mass is 32.2. The first-order valence-electron chi connectivity index (χ1n) is 8.99. The molecule has 0 aliphatic carbocycles. The maximum atomic E-state index is 13.0. The standard InChI is InChI=1S/C19H20N4O4S/c1-27-19(24)15-5-4-6-16(13-15)28(25,26)22-11-8-14(9-12-22)18-21-20-17-7-2-3-10-23(17)18/h2-7,10,13-14H,8-9,11-12H2,1H3. The van der Waals surface area contributed by atoms with Crippen LogP contribution < -0.4 is 0 Å². The number of hydrogen-bond donors (Lipinski definition) is 0. The van der Waals surface area contributed by atoms with Crippen LogP contribution in [0.2, 0.25) is 0 Å². The van der Waals surface area contributed by atoms with Crippen molar-refractivity contribution >= 4 is 21.6 Å². The van der Waals surface area contributed by atoms with Crippen LogP contribution in [-0.2, 0) is 14.8 Å². The summed E-state index contributed by atoms with van der Waals surface area (Å²) in [5.74, 6) is 0.444. The second-order valence-corrected chi connectivity index (χ2v) is 8.62. The van der Waals surface area contributed by atoms with Gasteiger partial charge in [-0.2, -0.15) is 4.31 Å². The van der Waals surface area contributed by atoms with E-state index in [2.05, 4.69) is 14.9 Å². The SMILES string of the molecule is COC(=O)c1cccc(S(=O)(=O)N2CCC(c3nnc4ccccn34)CC2)c1. The van der Waals surface area contributed by atoms with Crippen LogP contribution in [0.3, 0.4) is 0 Å². The Hall–Kier alpha value is -2.78. The number of rotatable bonds is 4. The van der Waals surface area contributed by atoms with Crippen LogP contribution >= 0.6 is 0 Å². The van der Waals surface area contributed by atoms with Gasteiger partial charge in [-0.05, 0) is 43.2 Å². The van der Waals surface area contributed by atoms with Crippen LogP contribution in [0.1, 0.15) is 34.9 Å². The van der Waals surface area contributed by atoms with E-state index in [4.69, 9.17) is 0 Å². The lowest BCUT2D eigenvalue weighted by Gasteiger charge is -2.30. The number of hydrogen-bond acceptors (Lipinski definition) is 6. The Bertz CT molecular complexity index is 1120. The number of methoxy groups -OCH3 is 1. The van der Waals surface area contributed by atoms with Gasteiger partial charge in [-0.3, -0.25) is 4.40 Å². The molecule has 4 rings (SSSR count). The molecule has 0 radical (unpaired) electrons. The Morgan fingerprint density at radius 2 is 1.89 bits per heavy atom. The lowest BCUT2D eigenvalue weighted by atomic mass is 9.97. The number of benzene rings is 1. The molecule has 1 aliphatic heterocycles. The third-order valence-corrected chi connectivity index (χ3v) is 6.95. The van der Waals surface area contributed by atoms with Gasteiger partial charge in [0.2, 0.25) is 10.0 Å². The number of ether oxygens (including phenoxy) is 1. The summed E-state index contributed by atoms with van der Waals surface area (Å²) in [5, 5.41) is 8.48. The Balaban J connectivity index is 1.52. The van der Waals surface area contributed by atoms with Crippen molar-refractivity contribution in [3.63, 3.8) is 0 Å². The van der Waals surface area contributed by atoms with E-state index >= 15 is 0 Å². The molecule has 3 aromatic rings. The molecular weight excluding hydrogens is 380 g/mol. The molecular formula is C19H20N4O4S. The van der Waals surface area contributed by atoms with Crippen LogP contribution in [0.25, 0.3) is 5.65 Å². The maximum absolute atomic E-state index is 13.0. The Labute approximate surface area is 162 Å². The van der Waals surface area contributed by atoms with Gasteiger partial charge in [0.1, 0.15) is 5.82 Å². The van der Waals surface area contributed by atoms with Crippen LogP contribution in [-0.4, -0.2) is 53.5 Å². The molecule has 0 unspecified atom stereocenters. The summed E-state index contributed by atoms with van der Waals surface area (Å²) in [6.45, 7) is 0.772. The molecule has 1 fully saturated rings. The molecule has 0 spiro atoms. The maximum Gasteiger partial charge on any atom is 0.337 e. The second-order valence-electron chi connectivity index (χ2n) is 6.68. The number of esters is 1. The van der Waals surface area contributed by atoms with Crippen molar-refractivity contribution in [2.24, 2.45) is 0 Å². The quantitative estimate of drug-likeness (QED) is 0.623. The lowest BCUT2D eigenvalue weighted by Crippen LogP contribution is -2.38. The molecule has 9 heteroatoms. The summed E-state index contributed by atoms with van der Waals surface area (Å²) in [7, 11) is -2.41. The van der Waals surface area contributed by atoms with Gasteiger partial charge in [-0.1, -0.05) is 12.1 Å². The third kappa shape index (κ3) is 3.27. The fraction of sp³-hybridized carbons (Fsp3) is 0.316. The van der Waals surface area contributed by atoms with Gasteiger partial charge in [-0.15, -0.1) is 10.2 Å². The number of fused-ring (bicyclic) bond motifs is 1. The monoisotopic (exact) mass is 400 g/mol. The number of aromatic nitrogens is 3. The molecule has 0 saturated carbocycles. The zero-order valence-electron chi connectivity index (χ0n) is 15.4. The van der Waals surface area contributed by atoms with Crippen LogP contribution in [0.4, 0.5) is 0 Å². The van der Waals surface area contributed by atoms with Gasteiger partial charge < -0.3 is 4.74 Å².